The Hall–Kier alpha value is -1.18. The van der Waals surface area contributed by atoms with E-state index in [0.29, 0.717) is 12.2 Å². The molecule has 1 amide bonds. The zero-order chi connectivity index (χ0) is 13.6. The lowest BCUT2D eigenvalue weighted by atomic mass is 10.2. The van der Waals surface area contributed by atoms with E-state index in [9.17, 15) is 18.0 Å². The van der Waals surface area contributed by atoms with Crippen molar-refractivity contribution in [3.63, 3.8) is 0 Å². The Morgan fingerprint density at radius 3 is 2.89 bits per heavy atom. The number of carbonyl (C=O) groups is 1. The molecule has 0 aliphatic rings. The molecular weight excluding hydrogens is 269 g/mol. The second-order valence-electron chi connectivity index (χ2n) is 3.48. The highest BCUT2D eigenvalue weighted by Gasteiger charge is 2.27. The Morgan fingerprint density at radius 1 is 1.56 bits per heavy atom. The van der Waals surface area contributed by atoms with Crippen LogP contribution in [0.15, 0.2) is 10.6 Å². The van der Waals surface area contributed by atoms with Gasteiger partial charge in [-0.2, -0.15) is 13.2 Å². The largest absolute Gasteiger partial charge is 0.441 e. The van der Waals surface area contributed by atoms with Crippen LogP contribution < -0.4 is 5.32 Å². The van der Waals surface area contributed by atoms with Gasteiger partial charge in [-0.3, -0.25) is 4.79 Å². The molecule has 0 saturated carbocycles. The van der Waals surface area contributed by atoms with Crippen LogP contribution in [0, 0.1) is 0 Å². The molecule has 1 aromatic rings. The third-order valence-electron chi connectivity index (χ3n) is 1.94. The van der Waals surface area contributed by atoms with Gasteiger partial charge in [0.05, 0.1) is 0 Å². The van der Waals surface area contributed by atoms with E-state index in [-0.39, 0.29) is 29.8 Å². The number of amides is 1. The van der Waals surface area contributed by atoms with Gasteiger partial charge in [-0.05, 0) is 18.2 Å². The summed E-state index contributed by atoms with van der Waals surface area (Å²) in [6.07, 6.45) is 1.53. The number of halogens is 3. The molecule has 8 heteroatoms. The van der Waals surface area contributed by atoms with Crippen LogP contribution in [0.4, 0.5) is 13.2 Å². The van der Waals surface area contributed by atoms with Crippen molar-refractivity contribution in [2.24, 2.45) is 0 Å². The maximum Gasteiger partial charge on any atom is 0.441 e. The van der Waals surface area contributed by atoms with Crippen molar-refractivity contribution >= 4 is 17.7 Å². The smallest absolute Gasteiger partial charge is 0.361 e. The van der Waals surface area contributed by atoms with Gasteiger partial charge in [0.2, 0.25) is 0 Å². The van der Waals surface area contributed by atoms with Crippen molar-refractivity contribution < 1.29 is 22.5 Å². The minimum absolute atomic E-state index is 0.0705. The molecule has 0 aliphatic carbocycles. The minimum atomic E-state index is -4.27. The summed E-state index contributed by atoms with van der Waals surface area (Å²) in [5.41, 5.74) is -4.18. The zero-order valence-corrected chi connectivity index (χ0v) is 10.5. The summed E-state index contributed by atoms with van der Waals surface area (Å²) in [6, 6.07) is 1.50. The van der Waals surface area contributed by atoms with Gasteiger partial charge < -0.3 is 9.84 Å². The van der Waals surface area contributed by atoms with Crippen molar-refractivity contribution in [2.45, 2.75) is 25.3 Å². The summed E-state index contributed by atoms with van der Waals surface area (Å²) in [7, 11) is 0. The van der Waals surface area contributed by atoms with Gasteiger partial charge in [0.15, 0.2) is 5.69 Å². The number of nitrogens with one attached hydrogen (secondary N) is 1. The van der Waals surface area contributed by atoms with Crippen molar-refractivity contribution in [3.8, 4) is 0 Å². The van der Waals surface area contributed by atoms with Gasteiger partial charge in [0.1, 0.15) is 5.76 Å². The molecule has 1 heterocycles. The number of carbonyl (C=O) groups excluding carboxylic acids is 1. The standard InChI is InChI=1S/C10H13F3N2O2S/c1-2-3-7-6-8(15-17-7)9(16)14-4-5-18-10(11,12)13/h6H,2-5H2,1H3,(H,14,16). The van der Waals surface area contributed by atoms with E-state index in [0.717, 1.165) is 6.42 Å². The third-order valence-corrected chi connectivity index (χ3v) is 2.68. The second kappa shape index (κ2) is 6.67. The second-order valence-corrected chi connectivity index (χ2v) is 4.64. The van der Waals surface area contributed by atoms with Gasteiger partial charge in [0.25, 0.3) is 5.91 Å². The number of thioether (sulfide) groups is 1. The molecular formula is C10H13F3N2O2S. The quantitative estimate of drug-likeness (QED) is 0.815. The normalized spacial score (nSPS) is 11.6. The summed E-state index contributed by atoms with van der Waals surface area (Å²) in [5, 5.41) is 5.89. The van der Waals surface area contributed by atoms with Gasteiger partial charge >= 0.3 is 5.51 Å². The maximum atomic E-state index is 11.8. The van der Waals surface area contributed by atoms with E-state index >= 15 is 0 Å². The Kier molecular flexibility index (Phi) is 5.52. The van der Waals surface area contributed by atoms with E-state index in [4.69, 9.17) is 4.52 Å². The number of hydrogen-bond donors (Lipinski definition) is 1. The first-order valence-electron chi connectivity index (χ1n) is 5.37. The monoisotopic (exact) mass is 282 g/mol. The van der Waals surface area contributed by atoms with Gasteiger partial charge in [-0.25, -0.2) is 0 Å². The zero-order valence-electron chi connectivity index (χ0n) is 9.71. The van der Waals surface area contributed by atoms with Crippen LogP contribution in [-0.2, 0) is 6.42 Å². The van der Waals surface area contributed by atoms with Crippen molar-refractivity contribution in [3.05, 3.63) is 17.5 Å². The molecule has 4 nitrogen and oxygen atoms in total. The fourth-order valence-corrected chi connectivity index (χ4v) is 1.64. The van der Waals surface area contributed by atoms with Crippen molar-refractivity contribution in [1.29, 1.82) is 0 Å². The molecule has 0 atom stereocenters. The highest BCUT2D eigenvalue weighted by Crippen LogP contribution is 2.29. The number of nitrogens with zero attached hydrogens (tertiary/aromatic N) is 1. The van der Waals surface area contributed by atoms with Crippen LogP contribution >= 0.6 is 11.8 Å². The van der Waals surface area contributed by atoms with Crippen LogP contribution in [0.5, 0.6) is 0 Å². The molecule has 0 fully saturated rings. The number of aromatic nitrogens is 1. The van der Waals surface area contributed by atoms with E-state index in [2.05, 4.69) is 10.5 Å². The van der Waals surface area contributed by atoms with Crippen LogP contribution in [0.3, 0.4) is 0 Å². The highest BCUT2D eigenvalue weighted by molar-refractivity contribution is 8.00. The van der Waals surface area contributed by atoms with Gasteiger partial charge in [0, 0.05) is 24.8 Å². The molecule has 0 bridgehead atoms. The number of alkyl halides is 3. The predicted octanol–water partition coefficient (Wildman–Crippen LogP) is 2.61. The lowest BCUT2D eigenvalue weighted by Crippen LogP contribution is -2.26. The van der Waals surface area contributed by atoms with Crippen LogP contribution in [0.2, 0.25) is 0 Å². The fourth-order valence-electron chi connectivity index (χ4n) is 1.21. The first-order valence-corrected chi connectivity index (χ1v) is 6.35. The van der Waals surface area contributed by atoms with E-state index in [1.807, 2.05) is 6.92 Å². The molecule has 0 aliphatic heterocycles. The molecule has 1 aromatic heterocycles. The summed E-state index contributed by atoms with van der Waals surface area (Å²) < 4.78 is 40.3. The van der Waals surface area contributed by atoms with Crippen molar-refractivity contribution in [2.75, 3.05) is 12.3 Å². The molecule has 0 spiro atoms. The summed E-state index contributed by atoms with van der Waals surface area (Å²) >= 11 is -0.174. The average molecular weight is 282 g/mol. The van der Waals surface area contributed by atoms with Crippen molar-refractivity contribution in [1.82, 2.24) is 10.5 Å². The van der Waals surface area contributed by atoms with Crippen LogP contribution in [0.1, 0.15) is 29.6 Å². The molecule has 102 valence electrons. The minimum Gasteiger partial charge on any atom is -0.361 e. The number of aryl methyl sites for hydroxylation is 1. The topological polar surface area (TPSA) is 55.1 Å². The summed E-state index contributed by atoms with van der Waals surface area (Å²) in [4.78, 5) is 11.5. The molecule has 1 rings (SSSR count). The number of hydrogen-bond acceptors (Lipinski definition) is 4. The van der Waals surface area contributed by atoms with Crippen LogP contribution in [-0.4, -0.2) is 28.9 Å². The SMILES string of the molecule is CCCc1cc(C(=O)NCCSC(F)(F)F)no1. The lowest BCUT2D eigenvalue weighted by Gasteiger charge is -2.05. The first kappa shape index (κ1) is 14.9. The highest BCUT2D eigenvalue weighted by atomic mass is 32.2. The molecule has 0 radical (unpaired) electrons. The molecule has 0 unspecified atom stereocenters. The Morgan fingerprint density at radius 2 is 2.28 bits per heavy atom. The Bertz CT molecular complexity index is 393. The average Bonchev–Trinajstić information content (AvgIpc) is 2.72. The summed E-state index contributed by atoms with van der Waals surface area (Å²) in [5.74, 6) is -0.161. The molecule has 18 heavy (non-hydrogen) atoms. The number of rotatable bonds is 6. The molecule has 1 N–H and O–H groups in total. The predicted molar refractivity (Wildman–Crippen MR) is 61.3 cm³/mol. The lowest BCUT2D eigenvalue weighted by molar-refractivity contribution is -0.0327. The van der Waals surface area contributed by atoms with E-state index in [1.165, 1.54) is 6.07 Å². The molecule has 0 saturated heterocycles. The van der Waals surface area contributed by atoms with Gasteiger partial charge in [-0.1, -0.05) is 12.1 Å². The Balaban J connectivity index is 2.31. The Labute approximate surface area is 106 Å². The van der Waals surface area contributed by atoms with E-state index in [1.54, 1.807) is 0 Å². The first-order chi connectivity index (χ1) is 8.42. The van der Waals surface area contributed by atoms with E-state index < -0.39 is 11.4 Å². The van der Waals surface area contributed by atoms with Crippen LogP contribution in [0.25, 0.3) is 0 Å². The fraction of sp³-hybridized carbons (Fsp3) is 0.600. The molecule has 0 aromatic carbocycles. The van der Waals surface area contributed by atoms with Gasteiger partial charge in [-0.15, -0.1) is 0 Å². The summed E-state index contributed by atoms with van der Waals surface area (Å²) in [6.45, 7) is 1.88. The third kappa shape index (κ3) is 5.44. The maximum absolute atomic E-state index is 11.8.